The van der Waals surface area contributed by atoms with Crippen LogP contribution in [0.4, 0.5) is 0 Å². The Balaban J connectivity index is 2.31. The summed E-state index contributed by atoms with van der Waals surface area (Å²) >= 11 is 1.27. The van der Waals surface area contributed by atoms with E-state index in [0.717, 1.165) is 11.3 Å². The summed E-state index contributed by atoms with van der Waals surface area (Å²) in [7, 11) is -3.58. The number of piperidine rings is 1. The minimum Gasteiger partial charge on any atom is -0.481 e. The zero-order valence-corrected chi connectivity index (χ0v) is 13.2. The Hall–Kier alpha value is -0.920. The molecule has 0 amide bonds. The third-order valence-electron chi connectivity index (χ3n) is 3.80. The second kappa shape index (κ2) is 5.83. The highest BCUT2D eigenvalue weighted by Gasteiger charge is 2.39. The van der Waals surface area contributed by atoms with Gasteiger partial charge in [-0.1, -0.05) is 6.92 Å². The largest absolute Gasteiger partial charge is 0.481 e. The maximum atomic E-state index is 12.6. The van der Waals surface area contributed by atoms with E-state index in [1.807, 2.05) is 13.0 Å². The Kier molecular flexibility index (Phi) is 4.51. The fourth-order valence-electron chi connectivity index (χ4n) is 2.58. The Bertz CT molecular complexity index is 593. The smallest absolute Gasteiger partial charge is 0.308 e. The quantitative estimate of drug-likeness (QED) is 0.923. The van der Waals surface area contributed by atoms with E-state index in [0.29, 0.717) is 23.6 Å². The lowest BCUT2D eigenvalue weighted by Gasteiger charge is -2.35. The molecule has 1 aromatic rings. The molecular formula is C13H19NO4S2. The summed E-state index contributed by atoms with van der Waals surface area (Å²) in [6, 6.07) is 2.94. The molecule has 0 aromatic carbocycles. The first-order valence-corrected chi connectivity index (χ1v) is 8.97. The zero-order valence-electron chi connectivity index (χ0n) is 11.6. The standard InChI is InChI=1S/C13H19NO4S2/c1-3-10-6-7-12(19-10)20(17,18)14-8-4-5-11(9(14)2)13(15)16/h6-7,9,11H,3-5,8H2,1-2H3,(H,15,16)/t9-,11-/m0/s1. The molecule has 0 unspecified atom stereocenters. The molecule has 1 N–H and O–H groups in total. The van der Waals surface area contributed by atoms with Gasteiger partial charge in [-0.15, -0.1) is 11.3 Å². The molecule has 1 saturated heterocycles. The van der Waals surface area contributed by atoms with E-state index in [9.17, 15) is 18.3 Å². The highest BCUT2D eigenvalue weighted by molar-refractivity contribution is 7.91. The first-order valence-electron chi connectivity index (χ1n) is 6.71. The second-order valence-corrected chi connectivity index (χ2v) is 8.30. The van der Waals surface area contributed by atoms with E-state index in [2.05, 4.69) is 0 Å². The van der Waals surface area contributed by atoms with Crippen molar-refractivity contribution in [3.05, 3.63) is 17.0 Å². The van der Waals surface area contributed by atoms with Gasteiger partial charge >= 0.3 is 5.97 Å². The van der Waals surface area contributed by atoms with Crippen LogP contribution in [0.3, 0.4) is 0 Å². The first-order chi connectivity index (χ1) is 9.37. The number of hydrogen-bond donors (Lipinski definition) is 1. The molecule has 5 nitrogen and oxygen atoms in total. The van der Waals surface area contributed by atoms with Crippen LogP contribution in [-0.2, 0) is 21.2 Å². The third-order valence-corrected chi connectivity index (χ3v) is 7.48. The van der Waals surface area contributed by atoms with E-state index in [-0.39, 0.29) is 0 Å². The van der Waals surface area contributed by atoms with Crippen LogP contribution in [0.15, 0.2) is 16.3 Å². The van der Waals surface area contributed by atoms with Crippen molar-refractivity contribution in [2.24, 2.45) is 5.92 Å². The molecule has 112 valence electrons. The van der Waals surface area contributed by atoms with Crippen LogP contribution in [-0.4, -0.2) is 36.4 Å². The predicted molar refractivity (Wildman–Crippen MR) is 77.4 cm³/mol. The Morgan fingerprint density at radius 3 is 2.75 bits per heavy atom. The van der Waals surface area contributed by atoms with Gasteiger partial charge in [0.2, 0.25) is 0 Å². The minimum atomic E-state index is -3.58. The molecule has 2 rings (SSSR count). The predicted octanol–water partition coefficient (Wildman–Crippen LogP) is 2.18. The normalized spacial score (nSPS) is 24.7. The average Bonchev–Trinajstić information content (AvgIpc) is 2.87. The molecule has 20 heavy (non-hydrogen) atoms. The summed E-state index contributed by atoms with van der Waals surface area (Å²) in [6.07, 6.45) is 1.92. The monoisotopic (exact) mass is 317 g/mol. The first kappa shape index (κ1) is 15.5. The molecule has 1 aliphatic rings. The number of aryl methyl sites for hydroxylation is 1. The Labute approximate surface area is 123 Å². The van der Waals surface area contributed by atoms with Crippen LogP contribution in [0.5, 0.6) is 0 Å². The van der Waals surface area contributed by atoms with Gasteiger partial charge in [-0.3, -0.25) is 4.79 Å². The molecule has 0 bridgehead atoms. The van der Waals surface area contributed by atoms with E-state index < -0.39 is 28.0 Å². The van der Waals surface area contributed by atoms with Gasteiger partial charge in [0.1, 0.15) is 4.21 Å². The van der Waals surface area contributed by atoms with Gasteiger partial charge < -0.3 is 5.11 Å². The van der Waals surface area contributed by atoms with Gasteiger partial charge in [0.25, 0.3) is 10.0 Å². The number of sulfonamides is 1. The number of aliphatic carboxylic acids is 1. The van der Waals surface area contributed by atoms with Crippen LogP contribution in [0.25, 0.3) is 0 Å². The van der Waals surface area contributed by atoms with Crippen LogP contribution in [0, 0.1) is 5.92 Å². The summed E-state index contributed by atoms with van der Waals surface area (Å²) in [5, 5.41) is 9.19. The summed E-state index contributed by atoms with van der Waals surface area (Å²) in [5.41, 5.74) is 0. The number of thiophene rings is 1. The number of rotatable bonds is 4. The molecule has 0 spiro atoms. The molecule has 0 aliphatic carbocycles. The highest BCUT2D eigenvalue weighted by Crippen LogP contribution is 2.32. The topological polar surface area (TPSA) is 74.7 Å². The fourth-order valence-corrected chi connectivity index (χ4v) is 5.71. The molecule has 2 heterocycles. The van der Waals surface area contributed by atoms with E-state index in [1.54, 1.807) is 13.0 Å². The Morgan fingerprint density at radius 1 is 1.50 bits per heavy atom. The molecule has 7 heteroatoms. The van der Waals surface area contributed by atoms with Crippen LogP contribution < -0.4 is 0 Å². The van der Waals surface area contributed by atoms with Crippen LogP contribution >= 0.6 is 11.3 Å². The number of nitrogens with zero attached hydrogens (tertiary/aromatic N) is 1. The zero-order chi connectivity index (χ0) is 14.9. The maximum Gasteiger partial charge on any atom is 0.308 e. The van der Waals surface area contributed by atoms with E-state index in [4.69, 9.17) is 0 Å². The summed E-state index contributed by atoms with van der Waals surface area (Å²) < 4.78 is 26.9. The highest BCUT2D eigenvalue weighted by atomic mass is 32.2. The second-order valence-electron chi connectivity index (χ2n) is 5.02. The van der Waals surface area contributed by atoms with E-state index in [1.165, 1.54) is 15.6 Å². The van der Waals surface area contributed by atoms with Crippen molar-refractivity contribution < 1.29 is 18.3 Å². The molecular weight excluding hydrogens is 298 g/mol. The van der Waals surface area contributed by atoms with Crippen molar-refractivity contribution in [3.63, 3.8) is 0 Å². The minimum absolute atomic E-state index is 0.312. The maximum absolute atomic E-state index is 12.6. The molecule has 0 saturated carbocycles. The number of carboxylic acid groups (broad SMARTS) is 1. The fraction of sp³-hybridized carbons (Fsp3) is 0.615. The van der Waals surface area contributed by atoms with Gasteiger partial charge in [0, 0.05) is 17.5 Å². The third kappa shape index (κ3) is 2.75. The molecule has 0 radical (unpaired) electrons. The van der Waals surface area contributed by atoms with E-state index >= 15 is 0 Å². The summed E-state index contributed by atoms with van der Waals surface area (Å²) in [4.78, 5) is 12.2. The van der Waals surface area contributed by atoms with Crippen molar-refractivity contribution >= 4 is 27.3 Å². The molecule has 1 aliphatic heterocycles. The van der Waals surface area contributed by atoms with Crippen molar-refractivity contribution in [2.45, 2.75) is 43.4 Å². The van der Waals surface area contributed by atoms with Crippen molar-refractivity contribution in [1.82, 2.24) is 4.31 Å². The lowest BCUT2D eigenvalue weighted by molar-refractivity contribution is -0.144. The molecule has 1 aromatic heterocycles. The van der Waals surface area contributed by atoms with Gasteiger partial charge in [-0.2, -0.15) is 4.31 Å². The number of carbonyl (C=O) groups is 1. The number of hydrogen-bond acceptors (Lipinski definition) is 4. The average molecular weight is 317 g/mol. The summed E-state index contributed by atoms with van der Waals surface area (Å²) in [6.45, 7) is 4.06. The van der Waals surface area contributed by atoms with Gasteiger partial charge in [0.05, 0.1) is 5.92 Å². The van der Waals surface area contributed by atoms with Crippen LogP contribution in [0.2, 0.25) is 0 Å². The summed E-state index contributed by atoms with van der Waals surface area (Å²) in [5.74, 6) is -1.54. The van der Waals surface area contributed by atoms with Crippen molar-refractivity contribution in [1.29, 1.82) is 0 Å². The van der Waals surface area contributed by atoms with Gasteiger partial charge in [0.15, 0.2) is 0 Å². The molecule has 1 fully saturated rings. The Morgan fingerprint density at radius 2 is 2.20 bits per heavy atom. The lowest BCUT2D eigenvalue weighted by Crippen LogP contribution is -2.48. The molecule has 2 atom stereocenters. The SMILES string of the molecule is CCc1ccc(S(=O)(=O)N2CCC[C@H](C(=O)O)[C@@H]2C)s1. The lowest BCUT2D eigenvalue weighted by atomic mass is 9.92. The van der Waals surface area contributed by atoms with Gasteiger partial charge in [-0.05, 0) is 38.3 Å². The van der Waals surface area contributed by atoms with Crippen molar-refractivity contribution in [2.75, 3.05) is 6.54 Å². The van der Waals surface area contributed by atoms with Gasteiger partial charge in [-0.25, -0.2) is 8.42 Å². The van der Waals surface area contributed by atoms with Crippen LogP contribution in [0.1, 0.15) is 31.6 Å². The number of carboxylic acids is 1. The van der Waals surface area contributed by atoms with Crippen molar-refractivity contribution in [3.8, 4) is 0 Å².